The van der Waals surface area contributed by atoms with Crippen LogP contribution in [0.15, 0.2) is 47.5 Å². The van der Waals surface area contributed by atoms with Gasteiger partial charge in [-0.25, -0.2) is 0 Å². The SMILES string of the molecule is CNC(=O)c1cccc(CCN=C(N)Nc2ccc3c(c2)CCC3)c1.I. The number of carbonyl (C=O) groups excluding carboxylic acids is 1. The van der Waals surface area contributed by atoms with Gasteiger partial charge >= 0.3 is 0 Å². The van der Waals surface area contributed by atoms with Crippen molar-refractivity contribution in [2.24, 2.45) is 10.7 Å². The molecule has 1 aliphatic rings. The minimum absolute atomic E-state index is 0. The van der Waals surface area contributed by atoms with Gasteiger partial charge in [0.25, 0.3) is 5.91 Å². The zero-order chi connectivity index (χ0) is 17.6. The van der Waals surface area contributed by atoms with Gasteiger partial charge in [-0.1, -0.05) is 18.2 Å². The summed E-state index contributed by atoms with van der Waals surface area (Å²) >= 11 is 0. The third-order valence-corrected chi connectivity index (χ3v) is 4.47. The van der Waals surface area contributed by atoms with Crippen molar-refractivity contribution in [2.45, 2.75) is 25.7 Å². The molecule has 1 aliphatic carbocycles. The summed E-state index contributed by atoms with van der Waals surface area (Å²) in [5, 5.41) is 5.79. The van der Waals surface area contributed by atoms with Crippen molar-refractivity contribution in [3.05, 3.63) is 64.7 Å². The van der Waals surface area contributed by atoms with Crippen LogP contribution in [0.4, 0.5) is 5.69 Å². The summed E-state index contributed by atoms with van der Waals surface area (Å²) in [5.41, 5.74) is 11.6. The molecular formula is C20H25IN4O. The van der Waals surface area contributed by atoms with Crippen LogP contribution < -0.4 is 16.4 Å². The van der Waals surface area contributed by atoms with Crippen molar-refractivity contribution in [1.29, 1.82) is 0 Å². The van der Waals surface area contributed by atoms with Crippen LogP contribution in [0.3, 0.4) is 0 Å². The van der Waals surface area contributed by atoms with Crippen LogP contribution in [0, 0.1) is 0 Å². The third kappa shape index (κ3) is 5.20. The van der Waals surface area contributed by atoms with E-state index in [0.29, 0.717) is 18.1 Å². The Bertz CT molecular complexity index is 804. The number of benzene rings is 2. The molecule has 5 nitrogen and oxygen atoms in total. The smallest absolute Gasteiger partial charge is 0.251 e. The average Bonchev–Trinajstić information content (AvgIpc) is 3.09. The molecule has 0 heterocycles. The Labute approximate surface area is 171 Å². The van der Waals surface area contributed by atoms with E-state index in [1.807, 2.05) is 18.2 Å². The van der Waals surface area contributed by atoms with Crippen LogP contribution in [-0.2, 0) is 19.3 Å². The van der Waals surface area contributed by atoms with Gasteiger partial charge in [0.2, 0.25) is 0 Å². The number of hydrogen-bond acceptors (Lipinski definition) is 2. The van der Waals surface area contributed by atoms with Crippen molar-refractivity contribution >= 4 is 41.5 Å². The summed E-state index contributed by atoms with van der Waals surface area (Å²) in [5.74, 6) is 0.337. The van der Waals surface area contributed by atoms with Gasteiger partial charge in [0.05, 0.1) is 0 Å². The van der Waals surface area contributed by atoms with E-state index in [0.717, 1.165) is 24.1 Å². The molecular weight excluding hydrogens is 439 g/mol. The van der Waals surface area contributed by atoms with Crippen molar-refractivity contribution in [3.63, 3.8) is 0 Å². The van der Waals surface area contributed by atoms with Crippen LogP contribution in [0.25, 0.3) is 0 Å². The first-order valence-corrected chi connectivity index (χ1v) is 8.65. The second-order valence-corrected chi connectivity index (χ2v) is 6.26. The molecule has 0 unspecified atom stereocenters. The Morgan fingerprint density at radius 1 is 1.15 bits per heavy atom. The molecule has 0 aromatic heterocycles. The highest BCUT2D eigenvalue weighted by Crippen LogP contribution is 2.24. The lowest BCUT2D eigenvalue weighted by molar-refractivity contribution is 0.0963. The number of anilines is 1. The number of hydrogen-bond donors (Lipinski definition) is 3. The molecule has 0 radical (unpaired) electrons. The molecule has 1 amide bonds. The van der Waals surface area contributed by atoms with E-state index in [9.17, 15) is 4.79 Å². The minimum atomic E-state index is -0.0804. The van der Waals surface area contributed by atoms with E-state index in [1.54, 1.807) is 13.1 Å². The molecule has 2 aromatic carbocycles. The lowest BCUT2D eigenvalue weighted by Crippen LogP contribution is -2.23. The topological polar surface area (TPSA) is 79.5 Å². The van der Waals surface area contributed by atoms with Gasteiger partial charge in [-0.05, 0) is 66.6 Å². The van der Waals surface area contributed by atoms with E-state index in [2.05, 4.69) is 33.8 Å². The quantitative estimate of drug-likeness (QED) is 0.362. The standard InChI is InChI=1S/C20H24N4O.HI/c1-22-19(25)17-7-2-4-14(12-17)10-11-23-20(21)24-18-9-8-15-5-3-6-16(15)13-18;/h2,4,7-9,12-13H,3,5-6,10-11H2,1H3,(H,22,25)(H3,21,23,24);1H. The first kappa shape index (κ1) is 20.2. The van der Waals surface area contributed by atoms with Gasteiger partial charge in [-0.2, -0.15) is 0 Å². The summed E-state index contributed by atoms with van der Waals surface area (Å²) in [7, 11) is 1.63. The number of fused-ring (bicyclic) bond motifs is 1. The number of halogens is 1. The minimum Gasteiger partial charge on any atom is -0.370 e. The van der Waals surface area contributed by atoms with Crippen LogP contribution in [0.2, 0.25) is 0 Å². The summed E-state index contributed by atoms with van der Waals surface area (Å²) in [4.78, 5) is 16.0. The number of amides is 1. The van der Waals surface area contributed by atoms with Gasteiger partial charge < -0.3 is 16.4 Å². The monoisotopic (exact) mass is 464 g/mol. The highest BCUT2D eigenvalue weighted by atomic mass is 127. The van der Waals surface area contributed by atoms with Crippen LogP contribution in [0.1, 0.15) is 33.5 Å². The Morgan fingerprint density at radius 2 is 1.96 bits per heavy atom. The molecule has 0 aliphatic heterocycles. The van der Waals surface area contributed by atoms with Gasteiger partial charge in [0.1, 0.15) is 0 Å². The van der Waals surface area contributed by atoms with Gasteiger partial charge in [-0.15, -0.1) is 24.0 Å². The predicted octanol–water partition coefficient (Wildman–Crippen LogP) is 3.12. The number of carbonyl (C=O) groups is 1. The second kappa shape index (κ2) is 9.56. The number of nitrogens with one attached hydrogen (secondary N) is 2. The van der Waals surface area contributed by atoms with E-state index in [4.69, 9.17) is 5.73 Å². The molecule has 4 N–H and O–H groups in total. The number of nitrogens with two attached hydrogens (primary N) is 1. The normalized spacial score (nSPS) is 12.9. The molecule has 138 valence electrons. The fourth-order valence-electron chi connectivity index (χ4n) is 3.15. The number of guanidine groups is 1. The summed E-state index contributed by atoms with van der Waals surface area (Å²) < 4.78 is 0. The Kier molecular flexibility index (Phi) is 7.44. The molecule has 0 atom stereocenters. The number of aliphatic imine (C=N–C) groups is 1. The van der Waals surface area contributed by atoms with E-state index < -0.39 is 0 Å². The number of rotatable bonds is 5. The lowest BCUT2D eigenvalue weighted by atomic mass is 10.1. The molecule has 26 heavy (non-hydrogen) atoms. The summed E-state index contributed by atoms with van der Waals surface area (Å²) in [6.45, 7) is 0.570. The van der Waals surface area contributed by atoms with Crippen LogP contribution >= 0.6 is 24.0 Å². The zero-order valence-electron chi connectivity index (χ0n) is 14.9. The van der Waals surface area contributed by atoms with E-state index in [1.165, 1.54) is 24.0 Å². The summed E-state index contributed by atoms with van der Waals surface area (Å²) in [6, 6.07) is 14.0. The molecule has 3 rings (SSSR count). The summed E-state index contributed by atoms with van der Waals surface area (Å²) in [6.07, 6.45) is 4.28. The third-order valence-electron chi connectivity index (χ3n) is 4.47. The maximum atomic E-state index is 11.7. The molecule has 0 saturated heterocycles. The number of aryl methyl sites for hydroxylation is 2. The fraction of sp³-hybridized carbons (Fsp3) is 0.300. The van der Waals surface area contributed by atoms with E-state index >= 15 is 0 Å². The van der Waals surface area contributed by atoms with E-state index in [-0.39, 0.29) is 29.9 Å². The average molecular weight is 464 g/mol. The maximum absolute atomic E-state index is 11.7. The molecule has 0 saturated carbocycles. The first-order valence-electron chi connectivity index (χ1n) is 8.65. The van der Waals surface area contributed by atoms with Crippen molar-refractivity contribution < 1.29 is 4.79 Å². The van der Waals surface area contributed by atoms with Crippen LogP contribution in [0.5, 0.6) is 0 Å². The Balaban J connectivity index is 0.00000243. The zero-order valence-corrected chi connectivity index (χ0v) is 17.2. The highest BCUT2D eigenvalue weighted by Gasteiger charge is 2.10. The number of nitrogens with zero attached hydrogens (tertiary/aromatic N) is 1. The molecule has 0 bridgehead atoms. The fourth-order valence-corrected chi connectivity index (χ4v) is 3.15. The molecule has 2 aromatic rings. The predicted molar refractivity (Wildman–Crippen MR) is 118 cm³/mol. The Hall–Kier alpha value is -2.09. The lowest BCUT2D eigenvalue weighted by Gasteiger charge is -2.08. The first-order chi connectivity index (χ1) is 12.2. The second-order valence-electron chi connectivity index (χ2n) is 6.26. The maximum Gasteiger partial charge on any atom is 0.251 e. The van der Waals surface area contributed by atoms with Crippen molar-refractivity contribution in [3.8, 4) is 0 Å². The van der Waals surface area contributed by atoms with Gasteiger partial charge in [0, 0.05) is 24.8 Å². The van der Waals surface area contributed by atoms with Crippen molar-refractivity contribution in [1.82, 2.24) is 5.32 Å². The molecule has 6 heteroatoms. The Morgan fingerprint density at radius 3 is 2.77 bits per heavy atom. The highest BCUT2D eigenvalue weighted by molar-refractivity contribution is 14.0. The molecule has 0 fully saturated rings. The van der Waals surface area contributed by atoms with Gasteiger partial charge in [0.15, 0.2) is 5.96 Å². The van der Waals surface area contributed by atoms with Crippen LogP contribution in [-0.4, -0.2) is 25.5 Å². The van der Waals surface area contributed by atoms with Gasteiger partial charge in [-0.3, -0.25) is 9.79 Å². The molecule has 0 spiro atoms. The van der Waals surface area contributed by atoms with Crippen molar-refractivity contribution in [2.75, 3.05) is 18.9 Å². The largest absolute Gasteiger partial charge is 0.370 e.